The molecule has 2 aliphatic rings. The number of carbonyl (C=O) groups is 1. The summed E-state index contributed by atoms with van der Waals surface area (Å²) in [5, 5.41) is 3.10. The van der Waals surface area contributed by atoms with Gasteiger partial charge in [-0.05, 0) is 44.4 Å². The van der Waals surface area contributed by atoms with Gasteiger partial charge >= 0.3 is 6.03 Å². The van der Waals surface area contributed by atoms with Gasteiger partial charge in [0.1, 0.15) is 0 Å². The molecule has 1 atom stereocenters. The van der Waals surface area contributed by atoms with Crippen LogP contribution in [-0.2, 0) is 10.0 Å². The fraction of sp³-hybridized carbons (Fsp3) is 0.929. The summed E-state index contributed by atoms with van der Waals surface area (Å²) in [6.07, 6.45) is 7.22. The van der Waals surface area contributed by atoms with E-state index in [1.165, 1.54) is 12.8 Å². The van der Waals surface area contributed by atoms with Crippen molar-refractivity contribution >= 4 is 16.1 Å². The summed E-state index contributed by atoms with van der Waals surface area (Å²) in [6.45, 7) is 3.42. The van der Waals surface area contributed by atoms with Crippen LogP contribution >= 0.6 is 0 Å². The number of carbonyl (C=O) groups excluding carboxylic acids is 1. The topological polar surface area (TPSA) is 78.5 Å². The van der Waals surface area contributed by atoms with Crippen molar-refractivity contribution in [2.45, 2.75) is 57.5 Å². The Bertz CT molecular complexity index is 458. The van der Waals surface area contributed by atoms with Crippen LogP contribution in [0.5, 0.6) is 0 Å². The lowest BCUT2D eigenvalue weighted by Gasteiger charge is -2.35. The van der Waals surface area contributed by atoms with Gasteiger partial charge in [-0.25, -0.2) is 17.9 Å². The van der Waals surface area contributed by atoms with Crippen molar-refractivity contribution in [1.29, 1.82) is 0 Å². The Morgan fingerprint density at radius 2 is 1.76 bits per heavy atom. The standard InChI is InChI=1S/C14H27N3O3S/c1-11-5-7-12(8-6-11)15-14(18)17-9-3-4-13(10-17)16-21(2,19)20/h11-13,16H,3-10H2,1-2H3,(H,15,18). The molecule has 1 unspecified atom stereocenters. The SMILES string of the molecule is CC1CCC(NC(=O)N2CCCC(NS(C)(=O)=O)C2)CC1. The molecule has 1 saturated carbocycles. The molecule has 1 aliphatic carbocycles. The third kappa shape index (κ3) is 5.47. The smallest absolute Gasteiger partial charge is 0.317 e. The summed E-state index contributed by atoms with van der Waals surface area (Å²) in [4.78, 5) is 14.0. The van der Waals surface area contributed by atoms with E-state index in [9.17, 15) is 13.2 Å². The van der Waals surface area contributed by atoms with Gasteiger partial charge in [-0.2, -0.15) is 0 Å². The molecule has 122 valence electrons. The molecular formula is C14H27N3O3S. The van der Waals surface area contributed by atoms with E-state index < -0.39 is 10.0 Å². The van der Waals surface area contributed by atoms with E-state index in [2.05, 4.69) is 17.0 Å². The number of hydrogen-bond acceptors (Lipinski definition) is 3. The van der Waals surface area contributed by atoms with Crippen LogP contribution in [0, 0.1) is 5.92 Å². The lowest BCUT2D eigenvalue weighted by atomic mass is 9.87. The first kappa shape index (κ1) is 16.5. The van der Waals surface area contributed by atoms with Gasteiger partial charge in [-0.1, -0.05) is 6.92 Å². The first-order valence-electron chi connectivity index (χ1n) is 7.86. The molecule has 7 heteroatoms. The molecule has 0 aromatic heterocycles. The highest BCUT2D eigenvalue weighted by Crippen LogP contribution is 2.23. The van der Waals surface area contributed by atoms with Crippen LogP contribution < -0.4 is 10.0 Å². The normalized spacial score (nSPS) is 31.0. The first-order valence-corrected chi connectivity index (χ1v) is 9.75. The molecule has 0 radical (unpaired) electrons. The second-order valence-corrected chi connectivity index (χ2v) is 8.36. The van der Waals surface area contributed by atoms with E-state index >= 15 is 0 Å². The summed E-state index contributed by atoms with van der Waals surface area (Å²) in [7, 11) is -3.21. The monoisotopic (exact) mass is 317 g/mol. The number of nitrogens with zero attached hydrogens (tertiary/aromatic N) is 1. The molecule has 1 aliphatic heterocycles. The van der Waals surface area contributed by atoms with Crippen molar-refractivity contribution in [3.05, 3.63) is 0 Å². The van der Waals surface area contributed by atoms with Gasteiger partial charge < -0.3 is 10.2 Å². The highest BCUT2D eigenvalue weighted by Gasteiger charge is 2.27. The minimum atomic E-state index is -3.21. The zero-order valence-electron chi connectivity index (χ0n) is 13.0. The number of nitrogens with one attached hydrogen (secondary N) is 2. The van der Waals surface area contributed by atoms with Gasteiger partial charge in [-0.15, -0.1) is 0 Å². The molecule has 21 heavy (non-hydrogen) atoms. The molecule has 0 spiro atoms. The second kappa shape index (κ2) is 6.96. The Hall–Kier alpha value is -0.820. The van der Waals surface area contributed by atoms with Gasteiger partial charge in [0.25, 0.3) is 0 Å². The lowest BCUT2D eigenvalue weighted by Crippen LogP contribution is -2.53. The van der Waals surface area contributed by atoms with Crippen LogP contribution in [0.4, 0.5) is 4.79 Å². The number of sulfonamides is 1. The van der Waals surface area contributed by atoms with Crippen LogP contribution in [0.2, 0.25) is 0 Å². The average Bonchev–Trinajstić information content (AvgIpc) is 2.40. The van der Waals surface area contributed by atoms with Crippen molar-refractivity contribution in [2.24, 2.45) is 5.92 Å². The summed E-state index contributed by atoms with van der Waals surface area (Å²) in [6, 6.07) is 0.0670. The zero-order chi connectivity index (χ0) is 15.5. The van der Waals surface area contributed by atoms with Gasteiger partial charge in [0.05, 0.1) is 6.26 Å². The summed E-state index contributed by atoms with van der Waals surface area (Å²) < 4.78 is 25.2. The molecule has 1 saturated heterocycles. The van der Waals surface area contributed by atoms with Crippen LogP contribution in [0.1, 0.15) is 45.4 Å². The van der Waals surface area contributed by atoms with Crippen molar-refractivity contribution in [1.82, 2.24) is 14.9 Å². The fourth-order valence-electron chi connectivity index (χ4n) is 3.23. The minimum Gasteiger partial charge on any atom is -0.335 e. The Labute approximate surface area is 127 Å². The molecule has 1 heterocycles. The molecule has 0 aromatic rings. The van der Waals surface area contributed by atoms with E-state index in [1.807, 2.05) is 0 Å². The number of rotatable bonds is 3. The maximum atomic E-state index is 12.3. The fourth-order valence-corrected chi connectivity index (χ4v) is 4.03. The number of likely N-dealkylation sites (tertiary alicyclic amines) is 1. The van der Waals surface area contributed by atoms with E-state index in [0.29, 0.717) is 13.1 Å². The quantitative estimate of drug-likeness (QED) is 0.823. The molecule has 2 fully saturated rings. The molecule has 2 rings (SSSR count). The predicted octanol–water partition coefficient (Wildman–Crippen LogP) is 1.29. The molecular weight excluding hydrogens is 290 g/mol. The van der Waals surface area contributed by atoms with E-state index in [1.54, 1.807) is 4.90 Å². The summed E-state index contributed by atoms with van der Waals surface area (Å²) in [5.41, 5.74) is 0. The van der Waals surface area contributed by atoms with Crippen molar-refractivity contribution in [3.63, 3.8) is 0 Å². The van der Waals surface area contributed by atoms with Crippen molar-refractivity contribution in [2.75, 3.05) is 19.3 Å². The van der Waals surface area contributed by atoms with Crippen LogP contribution in [0.15, 0.2) is 0 Å². The van der Waals surface area contributed by atoms with E-state index in [0.717, 1.165) is 37.9 Å². The summed E-state index contributed by atoms with van der Waals surface area (Å²) >= 11 is 0. The first-order chi connectivity index (χ1) is 9.83. The maximum absolute atomic E-state index is 12.3. The van der Waals surface area contributed by atoms with Crippen LogP contribution in [0.3, 0.4) is 0 Å². The Morgan fingerprint density at radius 1 is 1.10 bits per heavy atom. The third-order valence-electron chi connectivity index (χ3n) is 4.43. The number of urea groups is 1. The molecule has 6 nitrogen and oxygen atoms in total. The number of piperidine rings is 1. The number of hydrogen-bond donors (Lipinski definition) is 2. The number of amides is 2. The largest absolute Gasteiger partial charge is 0.335 e. The maximum Gasteiger partial charge on any atom is 0.317 e. The van der Waals surface area contributed by atoms with Crippen LogP contribution in [0.25, 0.3) is 0 Å². The molecule has 0 bridgehead atoms. The summed E-state index contributed by atoms with van der Waals surface area (Å²) in [5.74, 6) is 0.761. The van der Waals surface area contributed by atoms with Gasteiger partial charge in [0.15, 0.2) is 0 Å². The average molecular weight is 317 g/mol. The second-order valence-electron chi connectivity index (χ2n) is 6.58. The van der Waals surface area contributed by atoms with Gasteiger partial charge in [0, 0.05) is 25.2 Å². The Morgan fingerprint density at radius 3 is 2.38 bits per heavy atom. The van der Waals surface area contributed by atoms with Gasteiger partial charge in [0.2, 0.25) is 10.0 Å². The third-order valence-corrected chi connectivity index (χ3v) is 5.19. The zero-order valence-corrected chi connectivity index (χ0v) is 13.8. The van der Waals surface area contributed by atoms with Crippen LogP contribution in [-0.4, -0.2) is 50.8 Å². The lowest BCUT2D eigenvalue weighted by molar-refractivity contribution is 0.169. The minimum absolute atomic E-state index is 0.0467. The highest BCUT2D eigenvalue weighted by atomic mass is 32.2. The predicted molar refractivity (Wildman–Crippen MR) is 82.5 cm³/mol. The Kier molecular flexibility index (Phi) is 5.48. The highest BCUT2D eigenvalue weighted by molar-refractivity contribution is 7.88. The van der Waals surface area contributed by atoms with Gasteiger partial charge in [-0.3, -0.25) is 0 Å². The molecule has 2 N–H and O–H groups in total. The van der Waals surface area contributed by atoms with Crippen molar-refractivity contribution in [3.8, 4) is 0 Å². The van der Waals surface area contributed by atoms with Crippen molar-refractivity contribution < 1.29 is 13.2 Å². The molecule has 0 aromatic carbocycles. The van der Waals surface area contributed by atoms with E-state index in [4.69, 9.17) is 0 Å². The Balaban J connectivity index is 1.81. The molecule has 2 amide bonds. The van der Waals surface area contributed by atoms with E-state index in [-0.39, 0.29) is 18.1 Å².